The Morgan fingerprint density at radius 1 is 1.06 bits per heavy atom. The average molecular weight is 214 g/mol. The van der Waals surface area contributed by atoms with Crippen LogP contribution in [0.2, 0.25) is 0 Å². The molecule has 0 amide bonds. The van der Waals surface area contributed by atoms with Crippen LogP contribution in [0.5, 0.6) is 5.75 Å². The van der Waals surface area contributed by atoms with Crippen LogP contribution in [0.3, 0.4) is 0 Å². The third-order valence-electron chi connectivity index (χ3n) is 2.31. The van der Waals surface area contributed by atoms with E-state index < -0.39 is 0 Å². The molecule has 0 saturated heterocycles. The van der Waals surface area contributed by atoms with Crippen molar-refractivity contribution in [1.82, 2.24) is 0 Å². The summed E-state index contributed by atoms with van der Waals surface area (Å²) in [4.78, 5) is 0. The number of aromatic hydroxyl groups is 1. The number of anilines is 2. The first-order valence-corrected chi connectivity index (χ1v) is 5.11. The van der Waals surface area contributed by atoms with Gasteiger partial charge in [0.05, 0.1) is 0 Å². The highest BCUT2D eigenvalue weighted by Gasteiger charge is 1.95. The van der Waals surface area contributed by atoms with Gasteiger partial charge in [0, 0.05) is 17.9 Å². The van der Waals surface area contributed by atoms with Crippen molar-refractivity contribution in [3.8, 4) is 5.75 Å². The second-order valence-electron chi connectivity index (χ2n) is 3.65. The van der Waals surface area contributed by atoms with Crippen LogP contribution >= 0.6 is 0 Å². The van der Waals surface area contributed by atoms with E-state index in [1.54, 1.807) is 12.1 Å². The van der Waals surface area contributed by atoms with Crippen LogP contribution in [0.1, 0.15) is 5.56 Å². The van der Waals surface area contributed by atoms with Crippen LogP contribution < -0.4 is 11.1 Å². The van der Waals surface area contributed by atoms with Gasteiger partial charge in [-0.2, -0.15) is 0 Å². The summed E-state index contributed by atoms with van der Waals surface area (Å²) in [5, 5.41) is 12.4. The van der Waals surface area contributed by atoms with Crippen molar-refractivity contribution in [3.05, 3.63) is 54.1 Å². The number of nitrogens with two attached hydrogens (primary N) is 1. The molecule has 4 N–H and O–H groups in total. The summed E-state index contributed by atoms with van der Waals surface area (Å²) in [6, 6.07) is 14.7. The quantitative estimate of drug-likeness (QED) is 0.543. The first kappa shape index (κ1) is 10.4. The number of benzene rings is 2. The summed E-state index contributed by atoms with van der Waals surface area (Å²) in [6.07, 6.45) is 0. The van der Waals surface area contributed by atoms with E-state index in [0.717, 1.165) is 23.5 Å². The SMILES string of the molecule is Nc1cccc(CNc2ccc(O)cc2)c1. The summed E-state index contributed by atoms with van der Waals surface area (Å²) in [5.41, 5.74) is 8.56. The van der Waals surface area contributed by atoms with Crippen LogP contribution in [-0.4, -0.2) is 5.11 Å². The Bertz CT molecular complexity index is 466. The number of hydrogen-bond acceptors (Lipinski definition) is 3. The van der Waals surface area contributed by atoms with Crippen LogP contribution in [-0.2, 0) is 6.54 Å². The van der Waals surface area contributed by atoms with Gasteiger partial charge in [-0.05, 0) is 42.0 Å². The molecule has 16 heavy (non-hydrogen) atoms. The summed E-state index contributed by atoms with van der Waals surface area (Å²) in [6.45, 7) is 0.718. The monoisotopic (exact) mass is 214 g/mol. The zero-order valence-electron chi connectivity index (χ0n) is 8.85. The maximum atomic E-state index is 9.13. The standard InChI is InChI=1S/C13H14N2O/c14-11-3-1-2-10(8-11)9-15-12-4-6-13(16)7-5-12/h1-8,15-16H,9,14H2. The zero-order chi connectivity index (χ0) is 11.4. The molecule has 0 spiro atoms. The molecule has 0 radical (unpaired) electrons. The van der Waals surface area contributed by atoms with Crippen LogP contribution in [0.4, 0.5) is 11.4 Å². The van der Waals surface area contributed by atoms with Crippen molar-refractivity contribution in [1.29, 1.82) is 0 Å². The maximum Gasteiger partial charge on any atom is 0.115 e. The molecular weight excluding hydrogens is 200 g/mol. The van der Waals surface area contributed by atoms with Gasteiger partial charge < -0.3 is 16.2 Å². The van der Waals surface area contributed by atoms with E-state index in [9.17, 15) is 0 Å². The summed E-state index contributed by atoms with van der Waals surface area (Å²) in [5.74, 6) is 0.273. The highest BCUT2D eigenvalue weighted by molar-refractivity contribution is 5.47. The van der Waals surface area contributed by atoms with Crippen molar-refractivity contribution in [2.75, 3.05) is 11.1 Å². The van der Waals surface area contributed by atoms with Gasteiger partial charge in [-0.25, -0.2) is 0 Å². The molecule has 2 aromatic carbocycles. The first-order chi connectivity index (χ1) is 7.74. The number of nitrogen functional groups attached to an aromatic ring is 1. The van der Waals surface area contributed by atoms with Crippen LogP contribution in [0, 0.1) is 0 Å². The van der Waals surface area contributed by atoms with E-state index in [0.29, 0.717) is 0 Å². The molecule has 0 fully saturated rings. The average Bonchev–Trinajstić information content (AvgIpc) is 2.28. The first-order valence-electron chi connectivity index (χ1n) is 5.11. The number of nitrogens with one attached hydrogen (secondary N) is 1. The molecular formula is C13H14N2O. The van der Waals surface area contributed by atoms with E-state index in [-0.39, 0.29) is 5.75 Å². The number of rotatable bonds is 3. The Kier molecular flexibility index (Phi) is 2.96. The van der Waals surface area contributed by atoms with Crippen LogP contribution in [0.15, 0.2) is 48.5 Å². The Hall–Kier alpha value is -2.16. The Morgan fingerprint density at radius 2 is 1.81 bits per heavy atom. The highest BCUT2D eigenvalue weighted by atomic mass is 16.3. The molecule has 0 aromatic heterocycles. The van der Waals surface area contributed by atoms with Crippen molar-refractivity contribution in [2.45, 2.75) is 6.54 Å². The topological polar surface area (TPSA) is 58.3 Å². The molecule has 0 aliphatic heterocycles. The third kappa shape index (κ3) is 2.67. The minimum absolute atomic E-state index is 0.273. The number of hydrogen-bond donors (Lipinski definition) is 3. The van der Waals surface area contributed by atoms with Gasteiger partial charge in [-0.3, -0.25) is 0 Å². The molecule has 0 saturated carbocycles. The maximum absolute atomic E-state index is 9.13. The smallest absolute Gasteiger partial charge is 0.115 e. The third-order valence-corrected chi connectivity index (χ3v) is 2.31. The summed E-state index contributed by atoms with van der Waals surface area (Å²) >= 11 is 0. The predicted molar refractivity (Wildman–Crippen MR) is 66.3 cm³/mol. The van der Waals surface area contributed by atoms with Crippen molar-refractivity contribution >= 4 is 11.4 Å². The largest absolute Gasteiger partial charge is 0.508 e. The molecule has 3 heteroatoms. The van der Waals surface area contributed by atoms with Gasteiger partial charge >= 0.3 is 0 Å². The lowest BCUT2D eigenvalue weighted by Gasteiger charge is -2.07. The molecule has 3 nitrogen and oxygen atoms in total. The second-order valence-corrected chi connectivity index (χ2v) is 3.65. The van der Waals surface area contributed by atoms with Crippen molar-refractivity contribution in [2.24, 2.45) is 0 Å². The lowest BCUT2D eigenvalue weighted by atomic mass is 10.2. The second kappa shape index (κ2) is 4.57. The normalized spacial score (nSPS) is 10.0. The Morgan fingerprint density at radius 3 is 2.50 bits per heavy atom. The molecule has 0 bridgehead atoms. The fourth-order valence-electron chi connectivity index (χ4n) is 1.49. The molecule has 0 aliphatic rings. The minimum Gasteiger partial charge on any atom is -0.508 e. The molecule has 0 unspecified atom stereocenters. The van der Waals surface area contributed by atoms with Crippen molar-refractivity contribution in [3.63, 3.8) is 0 Å². The molecule has 0 atom stereocenters. The van der Waals surface area contributed by atoms with E-state index in [1.807, 2.05) is 36.4 Å². The lowest BCUT2D eigenvalue weighted by Crippen LogP contribution is -1.99. The molecule has 0 heterocycles. The predicted octanol–water partition coefficient (Wildman–Crippen LogP) is 2.59. The van der Waals surface area contributed by atoms with Gasteiger partial charge in [-0.1, -0.05) is 12.1 Å². The Balaban J connectivity index is 1.99. The van der Waals surface area contributed by atoms with Gasteiger partial charge in [0.15, 0.2) is 0 Å². The summed E-state index contributed by atoms with van der Waals surface area (Å²) in [7, 11) is 0. The van der Waals surface area contributed by atoms with E-state index in [1.165, 1.54) is 0 Å². The highest BCUT2D eigenvalue weighted by Crippen LogP contribution is 2.15. The number of phenolic OH excluding ortho intramolecular Hbond substituents is 1. The molecule has 82 valence electrons. The zero-order valence-corrected chi connectivity index (χ0v) is 8.85. The fraction of sp³-hybridized carbons (Fsp3) is 0.0769. The van der Waals surface area contributed by atoms with Crippen LogP contribution in [0.25, 0.3) is 0 Å². The molecule has 2 aromatic rings. The van der Waals surface area contributed by atoms with Gasteiger partial charge in [0.2, 0.25) is 0 Å². The molecule has 2 rings (SSSR count). The van der Waals surface area contributed by atoms with E-state index in [2.05, 4.69) is 5.32 Å². The minimum atomic E-state index is 0.273. The lowest BCUT2D eigenvalue weighted by molar-refractivity contribution is 0.475. The van der Waals surface area contributed by atoms with E-state index >= 15 is 0 Å². The van der Waals surface area contributed by atoms with Gasteiger partial charge in [-0.15, -0.1) is 0 Å². The van der Waals surface area contributed by atoms with Gasteiger partial charge in [0.1, 0.15) is 5.75 Å². The number of phenols is 1. The van der Waals surface area contributed by atoms with Crippen molar-refractivity contribution < 1.29 is 5.11 Å². The van der Waals surface area contributed by atoms with Gasteiger partial charge in [0.25, 0.3) is 0 Å². The Labute approximate surface area is 94.5 Å². The molecule has 0 aliphatic carbocycles. The van der Waals surface area contributed by atoms with E-state index in [4.69, 9.17) is 10.8 Å². The summed E-state index contributed by atoms with van der Waals surface area (Å²) < 4.78 is 0. The fourth-order valence-corrected chi connectivity index (χ4v) is 1.49.